The largest absolute Gasteiger partial charge is 0.497 e. The van der Waals surface area contributed by atoms with Crippen molar-refractivity contribution in [3.63, 3.8) is 0 Å². The Balaban J connectivity index is 1.65. The smallest absolute Gasteiger partial charge is 0.435 e. The van der Waals surface area contributed by atoms with Gasteiger partial charge in [-0.15, -0.1) is 0 Å². The lowest BCUT2D eigenvalue weighted by Gasteiger charge is -2.32. The minimum atomic E-state index is -4.07. The van der Waals surface area contributed by atoms with Crippen molar-refractivity contribution in [1.29, 1.82) is 0 Å². The molecule has 0 unspecified atom stereocenters. The summed E-state index contributed by atoms with van der Waals surface area (Å²) in [5, 5.41) is 10.4. The predicted molar refractivity (Wildman–Crippen MR) is 140 cm³/mol. The van der Waals surface area contributed by atoms with Crippen molar-refractivity contribution in [2.24, 2.45) is 0 Å². The predicted octanol–water partition coefficient (Wildman–Crippen LogP) is 3.61. The fraction of sp³-hybridized carbons (Fsp3) is 0.333. The number of hydrogen-bond acceptors (Lipinski definition) is 11. The van der Waals surface area contributed by atoms with E-state index >= 15 is 4.39 Å². The topological polar surface area (TPSA) is 137 Å². The van der Waals surface area contributed by atoms with Gasteiger partial charge in [0.2, 0.25) is 0 Å². The molecular weight excluding hydrogens is 597 g/mol. The number of benzene rings is 2. The van der Waals surface area contributed by atoms with Crippen LogP contribution in [0.5, 0.6) is 23.0 Å². The fourth-order valence-electron chi connectivity index (χ4n) is 3.79. The minimum absolute atomic E-state index is 0.103. The summed E-state index contributed by atoms with van der Waals surface area (Å²) in [5.41, 5.74) is 0.781. The Hall–Kier alpha value is -3.43. The highest BCUT2D eigenvalue weighted by Gasteiger charge is 2.63. The zero-order valence-electron chi connectivity index (χ0n) is 21.4. The van der Waals surface area contributed by atoms with Gasteiger partial charge in [-0.05, 0) is 48.5 Å². The molecule has 0 radical (unpaired) electrons. The van der Waals surface area contributed by atoms with Crippen LogP contribution < -0.4 is 29.9 Å². The number of ether oxygens (including phenoxy) is 3. The van der Waals surface area contributed by atoms with Gasteiger partial charge in [-0.1, -0.05) is 0 Å². The molecule has 4 atom stereocenters. The first kappa shape index (κ1) is 30.5. The minimum Gasteiger partial charge on any atom is -0.497 e. The number of hydrogen-bond donors (Lipinski definition) is 2. The third-order valence-corrected chi connectivity index (χ3v) is 8.06. The van der Waals surface area contributed by atoms with E-state index in [0.29, 0.717) is 22.3 Å². The third-order valence-electron chi connectivity index (χ3n) is 5.98. The summed E-state index contributed by atoms with van der Waals surface area (Å²) in [5.74, 6) is -0.856. The van der Waals surface area contributed by atoms with Crippen LogP contribution in [-0.4, -0.2) is 59.8 Å². The number of rotatable bonds is 11. The normalized spacial score (nSPS) is 22.5. The molecule has 222 valence electrons. The highest BCUT2D eigenvalue weighted by Crippen LogP contribution is 2.53. The molecule has 0 amide bonds. The molecule has 4 rings (SSSR count). The van der Waals surface area contributed by atoms with Gasteiger partial charge in [0.15, 0.2) is 29.6 Å². The molecule has 2 aromatic carbocycles. The molecule has 11 nitrogen and oxygen atoms in total. The van der Waals surface area contributed by atoms with Crippen molar-refractivity contribution >= 4 is 24.3 Å². The van der Waals surface area contributed by atoms with Gasteiger partial charge in [-0.3, -0.25) is 9.09 Å². The van der Waals surface area contributed by atoms with Crippen molar-refractivity contribution < 1.29 is 50.5 Å². The molecule has 1 aromatic heterocycles. The lowest BCUT2D eigenvalue weighted by molar-refractivity contribution is -0.183. The Morgan fingerprint density at radius 3 is 2.02 bits per heavy atom. The number of anilines is 1. The maximum atomic E-state index is 15.4. The Kier molecular flexibility index (Phi) is 9.09. The number of halogens is 4. The number of alkyl halides is 3. The zero-order chi connectivity index (χ0) is 29.9. The van der Waals surface area contributed by atoms with Crippen molar-refractivity contribution in [2.75, 3.05) is 26.6 Å². The van der Waals surface area contributed by atoms with E-state index in [9.17, 15) is 23.1 Å². The maximum absolute atomic E-state index is 15.4. The van der Waals surface area contributed by atoms with Crippen molar-refractivity contribution in [1.82, 2.24) is 9.55 Å². The number of aliphatic hydroxyl groups excluding tert-OH is 1. The van der Waals surface area contributed by atoms with Crippen LogP contribution in [0.25, 0.3) is 0 Å². The second-order valence-corrected chi connectivity index (χ2v) is 11.4. The fourth-order valence-corrected chi connectivity index (χ4v) is 5.72. The van der Waals surface area contributed by atoms with Crippen LogP contribution in [0.2, 0.25) is 0 Å². The van der Waals surface area contributed by atoms with Crippen LogP contribution in [0.15, 0.2) is 59.5 Å². The SMILES string of the molecule is COc1ccc(OP(=S)(OC[C@@]2(C(F)F)O[C@@H](n3cc(F)c(N)nc3=O)[C@H](O)[C@H]2F)Oc2ccc(OC)cc2)cc1. The van der Waals surface area contributed by atoms with Crippen molar-refractivity contribution in [3.8, 4) is 23.0 Å². The van der Waals surface area contributed by atoms with E-state index in [-0.39, 0.29) is 11.5 Å². The van der Waals surface area contributed by atoms with Crippen LogP contribution in [0.1, 0.15) is 6.23 Å². The van der Waals surface area contributed by atoms with Crippen LogP contribution in [-0.2, 0) is 21.1 Å². The number of nitrogens with two attached hydrogens (primary N) is 1. The first-order valence-corrected chi connectivity index (χ1v) is 14.2. The summed E-state index contributed by atoms with van der Waals surface area (Å²) in [7, 11) is 2.89. The average molecular weight is 622 g/mol. The molecule has 2 heterocycles. The van der Waals surface area contributed by atoms with Gasteiger partial charge in [0, 0.05) is 11.8 Å². The van der Waals surface area contributed by atoms with Gasteiger partial charge in [-0.25, -0.2) is 22.4 Å². The molecule has 0 spiro atoms. The summed E-state index contributed by atoms with van der Waals surface area (Å²) in [6.07, 6.45) is -10.5. The average Bonchev–Trinajstić information content (AvgIpc) is 3.21. The molecular formula is C24H24F4N3O8PS. The Bertz CT molecular complexity index is 1410. The summed E-state index contributed by atoms with van der Waals surface area (Å²) >= 11 is 5.47. The quantitative estimate of drug-likeness (QED) is 0.240. The Labute approximate surface area is 235 Å². The number of nitrogen functional groups attached to an aromatic ring is 1. The first-order chi connectivity index (χ1) is 19.4. The Morgan fingerprint density at radius 1 is 1.07 bits per heavy atom. The van der Waals surface area contributed by atoms with E-state index in [1.54, 1.807) is 0 Å². The van der Waals surface area contributed by atoms with E-state index < -0.39 is 61.2 Å². The highest BCUT2D eigenvalue weighted by molar-refractivity contribution is 8.07. The number of nitrogens with zero attached hydrogens (tertiary/aromatic N) is 2. The van der Waals surface area contributed by atoms with E-state index in [1.807, 2.05) is 0 Å². The van der Waals surface area contributed by atoms with Gasteiger partial charge in [0.05, 0.1) is 27.0 Å². The summed E-state index contributed by atoms with van der Waals surface area (Å²) in [4.78, 5) is 15.4. The first-order valence-electron chi connectivity index (χ1n) is 11.7. The second-order valence-electron chi connectivity index (χ2n) is 8.57. The molecule has 1 saturated heterocycles. The number of aliphatic hydroxyl groups is 1. The summed E-state index contributed by atoms with van der Waals surface area (Å²) < 4.78 is 91.1. The van der Waals surface area contributed by atoms with Crippen LogP contribution in [0.3, 0.4) is 0 Å². The van der Waals surface area contributed by atoms with E-state index in [1.165, 1.54) is 62.8 Å². The highest BCUT2D eigenvalue weighted by atomic mass is 32.5. The van der Waals surface area contributed by atoms with Gasteiger partial charge in [-0.2, -0.15) is 4.98 Å². The molecule has 0 aliphatic carbocycles. The van der Waals surface area contributed by atoms with Crippen LogP contribution in [0.4, 0.5) is 23.4 Å². The zero-order valence-corrected chi connectivity index (χ0v) is 23.1. The van der Waals surface area contributed by atoms with E-state index in [4.69, 9.17) is 45.3 Å². The second kappa shape index (κ2) is 12.2. The molecule has 1 aliphatic rings. The van der Waals surface area contributed by atoms with Gasteiger partial charge in [0.25, 0.3) is 6.43 Å². The standard InChI is InChI=1S/C24H24F4N3O8PS/c1-34-13-3-7-15(8-4-13)38-40(41,39-16-9-5-14(35-2)6-10-16)36-12-24(22(27)28)19(26)18(32)21(37-24)31-11-17(25)20(29)30-23(31)33/h3-11,18-19,21-22,32H,12H2,1-2H3,(H2,29,30,33)/t18-,19-,21-,24-/m1/s1. The molecule has 0 saturated carbocycles. The molecule has 3 aromatic rings. The van der Waals surface area contributed by atoms with E-state index in [0.717, 1.165) is 0 Å². The molecule has 41 heavy (non-hydrogen) atoms. The maximum Gasteiger partial charge on any atom is 0.435 e. The third kappa shape index (κ3) is 6.41. The monoisotopic (exact) mass is 621 g/mol. The lowest BCUT2D eigenvalue weighted by Crippen LogP contribution is -2.50. The Morgan fingerprint density at radius 2 is 1.56 bits per heavy atom. The number of methoxy groups -OCH3 is 2. The van der Waals surface area contributed by atoms with Crippen molar-refractivity contribution in [2.45, 2.75) is 30.5 Å². The molecule has 1 aliphatic heterocycles. The molecule has 17 heteroatoms. The molecule has 3 N–H and O–H groups in total. The number of aromatic nitrogens is 2. The molecule has 1 fully saturated rings. The van der Waals surface area contributed by atoms with E-state index in [2.05, 4.69) is 4.98 Å². The summed E-state index contributed by atoms with van der Waals surface area (Å²) in [6, 6.07) is 11.9. The van der Waals surface area contributed by atoms with Crippen LogP contribution in [0, 0.1) is 5.82 Å². The van der Waals surface area contributed by atoms with Crippen molar-refractivity contribution in [3.05, 3.63) is 71.0 Å². The van der Waals surface area contributed by atoms with Gasteiger partial charge in [0.1, 0.15) is 29.1 Å². The summed E-state index contributed by atoms with van der Waals surface area (Å²) in [6.45, 7) is -5.38. The van der Waals surface area contributed by atoms with Gasteiger partial charge < -0.3 is 34.1 Å². The van der Waals surface area contributed by atoms with Crippen LogP contribution >= 0.6 is 6.72 Å². The molecule has 0 bridgehead atoms. The lowest BCUT2D eigenvalue weighted by atomic mass is 9.98. The van der Waals surface area contributed by atoms with Gasteiger partial charge >= 0.3 is 12.4 Å².